The summed E-state index contributed by atoms with van der Waals surface area (Å²) in [6, 6.07) is 17.0. The highest BCUT2D eigenvalue weighted by atomic mass is 32.2. The van der Waals surface area contributed by atoms with Gasteiger partial charge in [0.05, 0.1) is 6.10 Å². The molecule has 0 saturated heterocycles. The van der Waals surface area contributed by atoms with Gasteiger partial charge in [0.2, 0.25) is 0 Å². The molecule has 0 amide bonds. The minimum absolute atomic E-state index is 0.297. The van der Waals surface area contributed by atoms with Gasteiger partial charge in [0.25, 0.3) is 0 Å². The van der Waals surface area contributed by atoms with E-state index in [1.807, 2.05) is 0 Å². The van der Waals surface area contributed by atoms with Gasteiger partial charge < -0.3 is 5.11 Å². The van der Waals surface area contributed by atoms with Crippen LogP contribution in [0.1, 0.15) is 23.6 Å². The zero-order chi connectivity index (χ0) is 14.4. The van der Waals surface area contributed by atoms with Gasteiger partial charge in [0, 0.05) is 10.6 Å². The summed E-state index contributed by atoms with van der Waals surface area (Å²) in [7, 11) is 0. The van der Waals surface area contributed by atoms with Crippen LogP contribution in [0.5, 0.6) is 0 Å². The zero-order valence-corrected chi connectivity index (χ0v) is 13.0. The number of aliphatic hydroxyl groups is 1. The van der Waals surface area contributed by atoms with Gasteiger partial charge in [-0.3, -0.25) is 0 Å². The maximum Gasteiger partial charge on any atom is 0.0674 e. The predicted molar refractivity (Wildman–Crippen MR) is 87.4 cm³/mol. The van der Waals surface area contributed by atoms with Crippen LogP contribution in [0.15, 0.2) is 53.4 Å². The van der Waals surface area contributed by atoms with Crippen LogP contribution in [0, 0.1) is 6.92 Å². The Bertz CT molecular complexity index is 516. The lowest BCUT2D eigenvalue weighted by molar-refractivity contribution is 0.200. The lowest BCUT2D eigenvalue weighted by Crippen LogP contribution is -2.13. The van der Waals surface area contributed by atoms with Crippen LogP contribution < -0.4 is 0 Å². The van der Waals surface area contributed by atoms with Crippen LogP contribution in [-0.4, -0.2) is 17.0 Å². The molecule has 0 heterocycles. The second kappa shape index (κ2) is 7.51. The van der Waals surface area contributed by atoms with Crippen molar-refractivity contribution in [3.63, 3.8) is 0 Å². The molecule has 2 heteroatoms. The normalized spacial score (nSPS) is 12.3. The van der Waals surface area contributed by atoms with Crippen LogP contribution in [0.25, 0.3) is 0 Å². The van der Waals surface area contributed by atoms with Crippen molar-refractivity contribution in [2.75, 3.05) is 5.75 Å². The SMILES string of the molecule is CCc1ccc(CC(O)CSc2ccc(C)cc2)cc1. The Kier molecular flexibility index (Phi) is 5.69. The molecule has 1 N–H and O–H groups in total. The number of hydrogen-bond acceptors (Lipinski definition) is 2. The van der Waals surface area contributed by atoms with Crippen molar-refractivity contribution in [2.45, 2.75) is 37.7 Å². The third-order valence-electron chi connectivity index (χ3n) is 3.37. The number of hydrogen-bond donors (Lipinski definition) is 1. The Morgan fingerprint density at radius 2 is 1.55 bits per heavy atom. The molecule has 1 atom stereocenters. The fraction of sp³-hybridized carbons (Fsp3) is 0.333. The monoisotopic (exact) mass is 286 g/mol. The Hall–Kier alpha value is -1.25. The van der Waals surface area contributed by atoms with Crippen molar-refractivity contribution in [2.24, 2.45) is 0 Å². The van der Waals surface area contributed by atoms with Gasteiger partial charge in [-0.25, -0.2) is 0 Å². The number of thioether (sulfide) groups is 1. The molecular weight excluding hydrogens is 264 g/mol. The lowest BCUT2D eigenvalue weighted by atomic mass is 10.1. The zero-order valence-electron chi connectivity index (χ0n) is 12.2. The number of rotatable bonds is 6. The van der Waals surface area contributed by atoms with Gasteiger partial charge in [-0.15, -0.1) is 11.8 Å². The Morgan fingerprint density at radius 1 is 0.950 bits per heavy atom. The molecule has 0 saturated carbocycles. The first kappa shape index (κ1) is 15.1. The molecule has 0 aliphatic carbocycles. The molecule has 1 unspecified atom stereocenters. The summed E-state index contributed by atoms with van der Waals surface area (Å²) in [6.07, 6.45) is 1.49. The third-order valence-corrected chi connectivity index (χ3v) is 4.52. The van der Waals surface area contributed by atoms with E-state index in [0.29, 0.717) is 0 Å². The summed E-state index contributed by atoms with van der Waals surface area (Å²) in [5.74, 6) is 0.735. The van der Waals surface area contributed by atoms with E-state index in [-0.39, 0.29) is 6.10 Å². The number of benzene rings is 2. The minimum atomic E-state index is -0.297. The molecule has 0 aromatic heterocycles. The van der Waals surface area contributed by atoms with Crippen molar-refractivity contribution in [3.8, 4) is 0 Å². The molecule has 2 rings (SSSR count). The van der Waals surface area contributed by atoms with Crippen molar-refractivity contribution < 1.29 is 5.11 Å². The average Bonchev–Trinajstić information content (AvgIpc) is 2.47. The van der Waals surface area contributed by atoms with Crippen molar-refractivity contribution >= 4 is 11.8 Å². The van der Waals surface area contributed by atoms with E-state index in [0.717, 1.165) is 18.6 Å². The van der Waals surface area contributed by atoms with Crippen LogP contribution in [-0.2, 0) is 12.8 Å². The van der Waals surface area contributed by atoms with Gasteiger partial charge in [-0.05, 0) is 43.0 Å². The van der Waals surface area contributed by atoms with Crippen LogP contribution in [0.2, 0.25) is 0 Å². The molecule has 0 bridgehead atoms. The average molecular weight is 286 g/mol. The standard InChI is InChI=1S/C18H22OS/c1-3-15-6-8-16(9-7-15)12-17(19)13-20-18-10-4-14(2)5-11-18/h4-11,17,19H,3,12-13H2,1-2H3. The van der Waals surface area contributed by atoms with Crippen molar-refractivity contribution in [3.05, 3.63) is 65.2 Å². The molecule has 2 aromatic carbocycles. The first-order valence-electron chi connectivity index (χ1n) is 7.12. The summed E-state index contributed by atoms with van der Waals surface area (Å²) < 4.78 is 0. The molecule has 0 spiro atoms. The topological polar surface area (TPSA) is 20.2 Å². The van der Waals surface area contributed by atoms with Gasteiger partial charge in [-0.1, -0.05) is 48.9 Å². The lowest BCUT2D eigenvalue weighted by Gasteiger charge is -2.11. The first-order chi connectivity index (χ1) is 9.67. The maximum absolute atomic E-state index is 10.1. The minimum Gasteiger partial charge on any atom is -0.392 e. The molecule has 20 heavy (non-hydrogen) atoms. The van der Waals surface area contributed by atoms with E-state index in [4.69, 9.17) is 0 Å². The van der Waals surface area contributed by atoms with E-state index in [1.165, 1.54) is 21.6 Å². The smallest absolute Gasteiger partial charge is 0.0674 e. The summed E-state index contributed by atoms with van der Waals surface area (Å²) in [4.78, 5) is 1.22. The van der Waals surface area contributed by atoms with Crippen molar-refractivity contribution in [1.29, 1.82) is 0 Å². The second-order valence-electron chi connectivity index (χ2n) is 5.15. The fourth-order valence-electron chi connectivity index (χ4n) is 2.07. The summed E-state index contributed by atoms with van der Waals surface area (Å²) in [6.45, 7) is 4.24. The summed E-state index contributed by atoms with van der Waals surface area (Å²) >= 11 is 1.71. The first-order valence-corrected chi connectivity index (χ1v) is 8.11. The van der Waals surface area contributed by atoms with Gasteiger partial charge in [-0.2, -0.15) is 0 Å². The Balaban J connectivity index is 1.82. The van der Waals surface area contributed by atoms with Crippen molar-refractivity contribution in [1.82, 2.24) is 0 Å². The summed E-state index contributed by atoms with van der Waals surface area (Å²) in [5, 5.41) is 10.1. The molecule has 0 fully saturated rings. The van der Waals surface area contributed by atoms with Crippen LogP contribution in [0.3, 0.4) is 0 Å². The summed E-state index contributed by atoms with van der Waals surface area (Å²) in [5.41, 5.74) is 3.82. The molecule has 1 nitrogen and oxygen atoms in total. The largest absolute Gasteiger partial charge is 0.392 e. The fourth-order valence-corrected chi connectivity index (χ4v) is 2.90. The van der Waals surface area contributed by atoms with Gasteiger partial charge >= 0.3 is 0 Å². The Labute approximate surface area is 126 Å². The highest BCUT2D eigenvalue weighted by Crippen LogP contribution is 2.20. The third kappa shape index (κ3) is 4.69. The highest BCUT2D eigenvalue weighted by molar-refractivity contribution is 7.99. The van der Waals surface area contributed by atoms with Crippen LogP contribution in [0.4, 0.5) is 0 Å². The van der Waals surface area contributed by atoms with Gasteiger partial charge in [0.15, 0.2) is 0 Å². The Morgan fingerprint density at radius 3 is 2.15 bits per heavy atom. The quantitative estimate of drug-likeness (QED) is 0.801. The predicted octanol–water partition coefficient (Wildman–Crippen LogP) is 4.25. The number of aliphatic hydroxyl groups excluding tert-OH is 1. The van der Waals surface area contributed by atoms with E-state index in [9.17, 15) is 5.11 Å². The second-order valence-corrected chi connectivity index (χ2v) is 6.25. The molecule has 0 aliphatic rings. The molecule has 0 radical (unpaired) electrons. The van der Waals surface area contributed by atoms with Crippen LogP contribution >= 0.6 is 11.8 Å². The van der Waals surface area contributed by atoms with E-state index >= 15 is 0 Å². The van der Waals surface area contributed by atoms with E-state index in [2.05, 4.69) is 62.4 Å². The maximum atomic E-state index is 10.1. The number of aryl methyl sites for hydroxylation is 2. The molecule has 0 aliphatic heterocycles. The van der Waals surface area contributed by atoms with Gasteiger partial charge in [0.1, 0.15) is 0 Å². The molecule has 2 aromatic rings. The molecule has 106 valence electrons. The van der Waals surface area contributed by atoms with E-state index < -0.39 is 0 Å². The highest BCUT2D eigenvalue weighted by Gasteiger charge is 2.06. The molecular formula is C18H22OS. The van der Waals surface area contributed by atoms with E-state index in [1.54, 1.807) is 11.8 Å².